The van der Waals surface area contributed by atoms with E-state index in [1.165, 1.54) is 27.6 Å². The van der Waals surface area contributed by atoms with Crippen LogP contribution < -0.4 is 5.30 Å². The molecule has 1 unspecified atom stereocenters. The summed E-state index contributed by atoms with van der Waals surface area (Å²) in [4.78, 5) is 2.53. The third-order valence-electron chi connectivity index (χ3n) is 6.60. The van der Waals surface area contributed by atoms with Crippen molar-refractivity contribution in [2.45, 2.75) is 52.5 Å². The van der Waals surface area contributed by atoms with Gasteiger partial charge in [-0.25, -0.2) is 0 Å². The van der Waals surface area contributed by atoms with Gasteiger partial charge in [-0.3, -0.25) is 4.90 Å². The molecule has 0 saturated carbocycles. The van der Waals surface area contributed by atoms with Gasteiger partial charge in [0.1, 0.15) is 5.75 Å². The Kier molecular flexibility index (Phi) is 8.06. The number of rotatable bonds is 9. The summed E-state index contributed by atoms with van der Waals surface area (Å²) in [5.41, 5.74) is 7.30. The summed E-state index contributed by atoms with van der Waals surface area (Å²) >= 11 is 0. The minimum Gasteiger partial charge on any atom is -0.507 e. The van der Waals surface area contributed by atoms with Gasteiger partial charge in [-0.1, -0.05) is 119 Å². The molecule has 180 valence electrons. The number of benzene rings is 4. The molecule has 0 amide bonds. The number of hydrogen-bond donors (Lipinski definition) is 1. The molecular weight excluding hydrogens is 445 g/mol. The van der Waals surface area contributed by atoms with E-state index in [1.54, 1.807) is 0 Å². The fourth-order valence-electron chi connectivity index (χ4n) is 4.67. The van der Waals surface area contributed by atoms with E-state index in [0.717, 1.165) is 30.8 Å². The summed E-state index contributed by atoms with van der Waals surface area (Å²) in [5, 5.41) is 12.1. The highest BCUT2D eigenvalue weighted by molar-refractivity contribution is 7.48. The van der Waals surface area contributed by atoms with E-state index in [1.807, 2.05) is 13.0 Å². The van der Waals surface area contributed by atoms with Gasteiger partial charge in [-0.2, -0.15) is 0 Å². The molecule has 4 aromatic carbocycles. The van der Waals surface area contributed by atoms with Crippen LogP contribution in [0, 0.1) is 13.8 Å². The van der Waals surface area contributed by atoms with E-state index >= 15 is 0 Å². The third kappa shape index (κ3) is 6.40. The number of hydrogen-bond acceptors (Lipinski definition) is 2. The lowest BCUT2D eigenvalue weighted by molar-refractivity contribution is 0.248. The van der Waals surface area contributed by atoms with E-state index in [9.17, 15) is 5.11 Å². The molecule has 0 heterocycles. The van der Waals surface area contributed by atoms with Gasteiger partial charge in [0.05, 0.1) is 0 Å². The molecule has 3 heteroatoms. The van der Waals surface area contributed by atoms with Crippen LogP contribution in [0.15, 0.2) is 97.1 Å². The molecular formula is C32H36NOP. The van der Waals surface area contributed by atoms with Crippen LogP contribution >= 0.6 is 8.58 Å². The number of nitrogens with zero attached hydrogens (tertiary/aromatic N) is 1. The van der Waals surface area contributed by atoms with Crippen molar-refractivity contribution in [3.05, 3.63) is 130 Å². The van der Waals surface area contributed by atoms with Gasteiger partial charge in [0.15, 0.2) is 0 Å². The maximum absolute atomic E-state index is 10.8. The lowest BCUT2D eigenvalue weighted by atomic mass is 9.99. The number of para-hydroxylation sites is 1. The van der Waals surface area contributed by atoms with E-state index in [0.29, 0.717) is 14.3 Å². The molecule has 0 aliphatic carbocycles. The standard InChI is InChI=1S/C32H36NOP/c1-24-13-12-20-29(30(24)34)32(3,4)35-31-25(2)14-11-19-28(31)23-33(21-26-15-7-5-8-16-26)22-27-17-9-6-10-18-27/h5-20,34-35H,21-23H2,1-4H3. The average molecular weight is 482 g/mol. The Bertz CT molecular complexity index is 1210. The highest BCUT2D eigenvalue weighted by atomic mass is 31.1. The van der Waals surface area contributed by atoms with Crippen molar-refractivity contribution in [1.29, 1.82) is 0 Å². The maximum atomic E-state index is 10.8. The van der Waals surface area contributed by atoms with Gasteiger partial charge < -0.3 is 5.11 Å². The molecule has 1 N–H and O–H groups in total. The molecule has 0 bridgehead atoms. The lowest BCUT2D eigenvalue weighted by Crippen LogP contribution is -2.27. The van der Waals surface area contributed by atoms with Crippen LogP contribution in [-0.2, 0) is 24.8 Å². The Morgan fingerprint density at radius 2 is 1.20 bits per heavy atom. The van der Waals surface area contributed by atoms with Crippen molar-refractivity contribution in [2.24, 2.45) is 0 Å². The number of phenols is 1. The molecule has 1 atom stereocenters. The first-order chi connectivity index (χ1) is 16.8. The molecule has 0 aliphatic heterocycles. The minimum absolute atomic E-state index is 0.166. The second-order valence-corrected chi connectivity index (χ2v) is 11.9. The third-order valence-corrected chi connectivity index (χ3v) is 8.46. The Hall–Kier alpha value is -2.93. The molecule has 35 heavy (non-hydrogen) atoms. The van der Waals surface area contributed by atoms with E-state index in [-0.39, 0.29) is 5.16 Å². The van der Waals surface area contributed by atoms with Crippen molar-refractivity contribution in [3.63, 3.8) is 0 Å². The van der Waals surface area contributed by atoms with Gasteiger partial charge in [0.2, 0.25) is 0 Å². The second kappa shape index (κ2) is 11.2. The van der Waals surface area contributed by atoms with Gasteiger partial charge in [-0.05, 0) is 47.0 Å². The fraction of sp³-hybridized carbons (Fsp3) is 0.250. The normalized spacial score (nSPS) is 12.0. The molecule has 2 nitrogen and oxygen atoms in total. The SMILES string of the molecule is Cc1cccc(C(C)(C)Pc2c(C)cccc2CN(Cc2ccccc2)Cc2ccccc2)c1O. The van der Waals surface area contributed by atoms with E-state index in [4.69, 9.17) is 0 Å². The molecule has 0 spiro atoms. The van der Waals surface area contributed by atoms with E-state index < -0.39 is 0 Å². The quantitative estimate of drug-likeness (QED) is 0.251. The van der Waals surface area contributed by atoms with Gasteiger partial charge in [-0.15, -0.1) is 0 Å². The second-order valence-electron chi connectivity index (χ2n) is 9.95. The molecule has 0 fully saturated rings. The first-order valence-corrected chi connectivity index (χ1v) is 13.3. The van der Waals surface area contributed by atoms with E-state index in [2.05, 4.69) is 117 Å². The van der Waals surface area contributed by atoms with Gasteiger partial charge >= 0.3 is 0 Å². The van der Waals surface area contributed by atoms with Crippen molar-refractivity contribution >= 4 is 13.9 Å². The predicted octanol–water partition coefficient (Wildman–Crippen LogP) is 7.45. The van der Waals surface area contributed by atoms with Crippen molar-refractivity contribution in [1.82, 2.24) is 4.90 Å². The molecule has 0 saturated heterocycles. The summed E-state index contributed by atoms with van der Waals surface area (Å²) in [5.74, 6) is 0.426. The zero-order valence-electron chi connectivity index (χ0n) is 21.3. The molecule has 0 radical (unpaired) electrons. The highest BCUT2D eigenvalue weighted by Gasteiger charge is 2.27. The molecule has 0 aromatic heterocycles. The predicted molar refractivity (Wildman–Crippen MR) is 151 cm³/mol. The van der Waals surface area contributed by atoms with Crippen LogP contribution in [0.2, 0.25) is 0 Å². The summed E-state index contributed by atoms with van der Waals surface area (Å²) in [6, 6.07) is 34.2. The van der Waals surface area contributed by atoms with Crippen LogP contribution in [0.5, 0.6) is 5.75 Å². The Morgan fingerprint density at radius 3 is 1.80 bits per heavy atom. The molecule has 0 aliphatic rings. The summed E-state index contributed by atoms with van der Waals surface area (Å²) in [7, 11) is 0.548. The van der Waals surface area contributed by atoms with Crippen LogP contribution in [0.3, 0.4) is 0 Å². The number of aryl methyl sites for hydroxylation is 2. The smallest absolute Gasteiger partial charge is 0.122 e. The van der Waals surface area contributed by atoms with Crippen molar-refractivity contribution in [3.8, 4) is 5.75 Å². The van der Waals surface area contributed by atoms with Crippen LogP contribution in [0.4, 0.5) is 0 Å². The zero-order valence-corrected chi connectivity index (χ0v) is 22.3. The van der Waals surface area contributed by atoms with Crippen molar-refractivity contribution in [2.75, 3.05) is 0 Å². The Morgan fingerprint density at radius 1 is 0.657 bits per heavy atom. The average Bonchev–Trinajstić information content (AvgIpc) is 2.84. The molecule has 4 rings (SSSR count). The summed E-state index contributed by atoms with van der Waals surface area (Å²) in [6.07, 6.45) is 0. The first kappa shape index (κ1) is 25.2. The number of aromatic hydroxyl groups is 1. The molecule has 4 aromatic rings. The summed E-state index contributed by atoms with van der Waals surface area (Å²) in [6.45, 7) is 11.4. The summed E-state index contributed by atoms with van der Waals surface area (Å²) < 4.78 is 0. The van der Waals surface area contributed by atoms with Gasteiger partial charge in [0.25, 0.3) is 0 Å². The van der Waals surface area contributed by atoms with Gasteiger partial charge in [0, 0.05) is 30.4 Å². The Balaban J connectivity index is 1.65. The highest BCUT2D eigenvalue weighted by Crippen LogP contribution is 2.45. The maximum Gasteiger partial charge on any atom is 0.122 e. The van der Waals surface area contributed by atoms with Crippen molar-refractivity contribution < 1.29 is 5.11 Å². The number of phenolic OH excluding ortho intramolecular Hbond substituents is 1. The monoisotopic (exact) mass is 481 g/mol. The Labute approximate surface area is 212 Å². The fourth-order valence-corrected chi connectivity index (χ4v) is 6.24. The lowest BCUT2D eigenvalue weighted by Gasteiger charge is -2.30. The topological polar surface area (TPSA) is 23.5 Å². The largest absolute Gasteiger partial charge is 0.507 e. The minimum atomic E-state index is -0.166. The van der Waals surface area contributed by atoms with Crippen LogP contribution in [0.1, 0.15) is 47.2 Å². The zero-order chi connectivity index (χ0) is 24.8. The van der Waals surface area contributed by atoms with Crippen LogP contribution in [-0.4, -0.2) is 10.0 Å². The van der Waals surface area contributed by atoms with Crippen LogP contribution in [0.25, 0.3) is 0 Å². The first-order valence-electron chi connectivity index (χ1n) is 12.3.